The lowest BCUT2D eigenvalue weighted by Crippen LogP contribution is -1.93. The molecule has 0 atom stereocenters. The van der Waals surface area contributed by atoms with Crippen molar-refractivity contribution in [1.29, 1.82) is 0 Å². The first kappa shape index (κ1) is 11.7. The molecule has 0 saturated carbocycles. The topological polar surface area (TPSA) is 12.9 Å². The molecule has 3 aromatic rings. The third-order valence-corrected chi connectivity index (χ3v) is 3.38. The summed E-state index contributed by atoms with van der Waals surface area (Å²) < 4.78 is 0. The van der Waals surface area contributed by atoms with E-state index in [1.165, 1.54) is 5.56 Å². The van der Waals surface area contributed by atoms with Crippen LogP contribution >= 0.6 is 0 Å². The second-order valence-electron chi connectivity index (χ2n) is 4.68. The Bertz CT molecular complexity index is 756. The molecule has 0 spiro atoms. The van der Waals surface area contributed by atoms with E-state index in [0.717, 1.165) is 27.7 Å². The Morgan fingerprint density at radius 2 is 1.63 bits per heavy atom. The maximum atomic E-state index is 4.69. The fourth-order valence-corrected chi connectivity index (χ4v) is 2.28. The predicted octanol–water partition coefficient (Wildman–Crippen LogP) is 4.60. The van der Waals surface area contributed by atoms with E-state index in [-0.39, 0.29) is 0 Å². The van der Waals surface area contributed by atoms with E-state index in [9.17, 15) is 0 Å². The third-order valence-electron chi connectivity index (χ3n) is 3.38. The molecule has 0 N–H and O–H groups in total. The largest absolute Gasteiger partial charge is 0.248 e. The van der Waals surface area contributed by atoms with Gasteiger partial charge in [-0.1, -0.05) is 55.1 Å². The van der Waals surface area contributed by atoms with E-state index in [1.807, 2.05) is 36.4 Å². The quantitative estimate of drug-likeness (QED) is 0.642. The molecular formula is C18H15N. The average molecular weight is 245 g/mol. The number of nitrogens with zero attached hydrogens (tertiary/aromatic N) is 1. The molecule has 0 aliphatic rings. The standard InChI is InChI=1S/C18H15N/c1-13-7-3-5-9-16(13)14(2)17-12-11-15-8-4-6-10-18(15)19-17/h3-12H,2H2,1H3. The average Bonchev–Trinajstić information content (AvgIpc) is 2.46. The Labute approximate surface area is 113 Å². The van der Waals surface area contributed by atoms with Crippen LogP contribution in [0.1, 0.15) is 16.8 Å². The van der Waals surface area contributed by atoms with Crippen LogP contribution < -0.4 is 0 Å². The van der Waals surface area contributed by atoms with E-state index in [2.05, 4.69) is 37.8 Å². The second-order valence-corrected chi connectivity index (χ2v) is 4.68. The third kappa shape index (κ3) is 2.15. The molecule has 0 radical (unpaired) electrons. The van der Waals surface area contributed by atoms with Crippen LogP contribution in [0.25, 0.3) is 16.5 Å². The minimum atomic E-state index is 0.938. The minimum absolute atomic E-state index is 0.938. The summed E-state index contributed by atoms with van der Waals surface area (Å²) >= 11 is 0. The summed E-state index contributed by atoms with van der Waals surface area (Å²) in [6.45, 7) is 6.30. The molecule has 1 heteroatoms. The smallest absolute Gasteiger partial charge is 0.0709 e. The van der Waals surface area contributed by atoms with Crippen molar-refractivity contribution >= 4 is 16.5 Å². The lowest BCUT2D eigenvalue weighted by atomic mass is 9.99. The number of pyridine rings is 1. The maximum absolute atomic E-state index is 4.69. The zero-order valence-electron chi connectivity index (χ0n) is 10.9. The van der Waals surface area contributed by atoms with Crippen molar-refractivity contribution in [3.8, 4) is 0 Å². The highest BCUT2D eigenvalue weighted by Gasteiger charge is 2.06. The molecular weight excluding hydrogens is 230 g/mol. The second kappa shape index (κ2) is 4.69. The van der Waals surface area contributed by atoms with Crippen LogP contribution in [0.5, 0.6) is 0 Å². The van der Waals surface area contributed by atoms with Gasteiger partial charge >= 0.3 is 0 Å². The molecule has 1 nitrogen and oxygen atoms in total. The van der Waals surface area contributed by atoms with Gasteiger partial charge in [-0.3, -0.25) is 0 Å². The fraction of sp³-hybridized carbons (Fsp3) is 0.0556. The first-order chi connectivity index (χ1) is 9.25. The van der Waals surface area contributed by atoms with Gasteiger partial charge in [-0.2, -0.15) is 0 Å². The van der Waals surface area contributed by atoms with Gasteiger partial charge in [-0.25, -0.2) is 4.98 Å². The van der Waals surface area contributed by atoms with E-state index in [0.29, 0.717) is 0 Å². The normalized spacial score (nSPS) is 10.6. The molecule has 2 aromatic carbocycles. The van der Waals surface area contributed by atoms with Crippen molar-refractivity contribution in [2.45, 2.75) is 6.92 Å². The number of fused-ring (bicyclic) bond motifs is 1. The number of aryl methyl sites for hydroxylation is 1. The van der Waals surface area contributed by atoms with Crippen molar-refractivity contribution in [2.24, 2.45) is 0 Å². The Morgan fingerprint density at radius 1 is 0.895 bits per heavy atom. The highest BCUT2D eigenvalue weighted by molar-refractivity contribution is 5.84. The highest BCUT2D eigenvalue weighted by Crippen LogP contribution is 2.24. The molecule has 0 fully saturated rings. The van der Waals surface area contributed by atoms with Gasteiger partial charge in [-0.15, -0.1) is 0 Å². The van der Waals surface area contributed by atoms with E-state index < -0.39 is 0 Å². The van der Waals surface area contributed by atoms with Crippen molar-refractivity contribution in [3.05, 3.63) is 84.1 Å². The summed E-state index contributed by atoms with van der Waals surface area (Å²) in [6, 6.07) is 20.5. The minimum Gasteiger partial charge on any atom is -0.248 e. The molecule has 0 saturated heterocycles. The molecule has 0 unspecified atom stereocenters. The summed E-state index contributed by atoms with van der Waals surface area (Å²) in [5.74, 6) is 0. The Morgan fingerprint density at radius 3 is 2.47 bits per heavy atom. The molecule has 92 valence electrons. The number of hydrogen-bond acceptors (Lipinski definition) is 1. The number of benzene rings is 2. The van der Waals surface area contributed by atoms with Crippen LogP contribution in [0.4, 0.5) is 0 Å². The SMILES string of the molecule is C=C(c1ccc2ccccc2n1)c1ccccc1C. The van der Waals surface area contributed by atoms with Crippen LogP contribution in [-0.2, 0) is 0 Å². The molecule has 0 aliphatic heterocycles. The first-order valence-electron chi connectivity index (χ1n) is 6.37. The molecule has 0 bridgehead atoms. The molecule has 0 aliphatic carbocycles. The van der Waals surface area contributed by atoms with Gasteiger partial charge in [0, 0.05) is 11.0 Å². The van der Waals surface area contributed by atoms with Gasteiger partial charge in [-0.05, 0) is 30.2 Å². The van der Waals surface area contributed by atoms with Gasteiger partial charge in [0.2, 0.25) is 0 Å². The fourth-order valence-electron chi connectivity index (χ4n) is 2.28. The molecule has 1 aromatic heterocycles. The summed E-state index contributed by atoms with van der Waals surface area (Å²) in [5, 5.41) is 1.16. The van der Waals surface area contributed by atoms with Crippen molar-refractivity contribution in [2.75, 3.05) is 0 Å². The van der Waals surface area contributed by atoms with Gasteiger partial charge in [0.05, 0.1) is 11.2 Å². The maximum Gasteiger partial charge on any atom is 0.0709 e. The van der Waals surface area contributed by atoms with Crippen molar-refractivity contribution in [3.63, 3.8) is 0 Å². The van der Waals surface area contributed by atoms with Crippen LogP contribution in [0, 0.1) is 6.92 Å². The van der Waals surface area contributed by atoms with Gasteiger partial charge in [0.25, 0.3) is 0 Å². The number of para-hydroxylation sites is 1. The van der Waals surface area contributed by atoms with Gasteiger partial charge in [0.15, 0.2) is 0 Å². The molecule has 1 heterocycles. The Balaban J connectivity index is 2.09. The number of rotatable bonds is 2. The summed E-state index contributed by atoms with van der Waals surface area (Å²) in [4.78, 5) is 4.69. The summed E-state index contributed by atoms with van der Waals surface area (Å²) in [7, 11) is 0. The van der Waals surface area contributed by atoms with Crippen LogP contribution in [0.2, 0.25) is 0 Å². The predicted molar refractivity (Wildman–Crippen MR) is 81.1 cm³/mol. The van der Waals surface area contributed by atoms with Gasteiger partial charge in [0.1, 0.15) is 0 Å². The van der Waals surface area contributed by atoms with Crippen LogP contribution in [0.3, 0.4) is 0 Å². The van der Waals surface area contributed by atoms with E-state index in [4.69, 9.17) is 4.98 Å². The van der Waals surface area contributed by atoms with Gasteiger partial charge < -0.3 is 0 Å². The monoisotopic (exact) mass is 245 g/mol. The summed E-state index contributed by atoms with van der Waals surface area (Å²) in [6.07, 6.45) is 0. The Kier molecular flexibility index (Phi) is 2.88. The molecule has 3 rings (SSSR count). The number of aromatic nitrogens is 1. The molecule has 0 amide bonds. The lowest BCUT2D eigenvalue weighted by molar-refractivity contribution is 1.32. The summed E-state index contributed by atoms with van der Waals surface area (Å²) in [5.41, 5.74) is 5.30. The van der Waals surface area contributed by atoms with Crippen LogP contribution in [0.15, 0.2) is 67.2 Å². The number of hydrogen-bond donors (Lipinski definition) is 0. The van der Waals surface area contributed by atoms with Crippen LogP contribution in [-0.4, -0.2) is 4.98 Å². The zero-order valence-corrected chi connectivity index (χ0v) is 10.9. The Hall–Kier alpha value is -2.41. The first-order valence-corrected chi connectivity index (χ1v) is 6.37. The molecule has 19 heavy (non-hydrogen) atoms. The van der Waals surface area contributed by atoms with E-state index >= 15 is 0 Å². The van der Waals surface area contributed by atoms with Crippen molar-refractivity contribution in [1.82, 2.24) is 4.98 Å². The lowest BCUT2D eigenvalue weighted by Gasteiger charge is -2.09. The van der Waals surface area contributed by atoms with Crippen molar-refractivity contribution < 1.29 is 0 Å². The van der Waals surface area contributed by atoms with E-state index in [1.54, 1.807) is 0 Å². The zero-order chi connectivity index (χ0) is 13.2. The highest BCUT2D eigenvalue weighted by atomic mass is 14.7.